The van der Waals surface area contributed by atoms with Crippen molar-refractivity contribution in [2.75, 3.05) is 26.8 Å². The molecule has 134 valence electrons. The van der Waals surface area contributed by atoms with Gasteiger partial charge in [0, 0.05) is 13.1 Å². The first-order chi connectivity index (χ1) is 11.9. The molecule has 2 aromatic rings. The highest BCUT2D eigenvalue weighted by molar-refractivity contribution is 7.89. The van der Waals surface area contributed by atoms with Crippen LogP contribution in [0, 0.1) is 12.7 Å². The van der Waals surface area contributed by atoms with Gasteiger partial charge in [0.15, 0.2) is 11.6 Å². The number of benzene rings is 2. The number of rotatable bonds is 4. The highest BCUT2D eigenvalue weighted by Crippen LogP contribution is 2.28. The lowest BCUT2D eigenvalue weighted by Crippen LogP contribution is -2.42. The molecular weight excluding hydrogens is 345 g/mol. The summed E-state index contributed by atoms with van der Waals surface area (Å²) >= 11 is 0. The summed E-state index contributed by atoms with van der Waals surface area (Å²) in [4.78, 5) is -0.0876. The Hall–Kier alpha value is -1.96. The Balaban J connectivity index is 1.84. The van der Waals surface area contributed by atoms with E-state index < -0.39 is 15.8 Å². The zero-order chi connectivity index (χ0) is 18.0. The van der Waals surface area contributed by atoms with Crippen LogP contribution >= 0.6 is 0 Å². The molecule has 5 nitrogen and oxygen atoms in total. The average molecular weight is 365 g/mol. The van der Waals surface area contributed by atoms with E-state index in [0.717, 1.165) is 17.2 Å². The molecule has 0 bridgehead atoms. The summed E-state index contributed by atoms with van der Waals surface area (Å²) in [6.45, 7) is 2.70. The minimum absolute atomic E-state index is 0.0125. The first-order valence-corrected chi connectivity index (χ1v) is 9.37. The van der Waals surface area contributed by atoms with E-state index in [-0.39, 0.29) is 36.4 Å². The van der Waals surface area contributed by atoms with Gasteiger partial charge >= 0.3 is 0 Å². The van der Waals surface area contributed by atoms with Crippen LogP contribution in [0.5, 0.6) is 5.75 Å². The molecule has 0 aromatic heterocycles. The van der Waals surface area contributed by atoms with E-state index in [9.17, 15) is 12.8 Å². The minimum Gasteiger partial charge on any atom is -0.494 e. The van der Waals surface area contributed by atoms with E-state index in [0.29, 0.717) is 0 Å². The van der Waals surface area contributed by atoms with Crippen LogP contribution in [0.1, 0.15) is 17.2 Å². The third-order valence-electron chi connectivity index (χ3n) is 4.24. The number of aryl methyl sites for hydroxylation is 1. The van der Waals surface area contributed by atoms with Crippen molar-refractivity contribution >= 4 is 10.0 Å². The minimum atomic E-state index is -3.80. The highest BCUT2D eigenvalue weighted by Gasteiger charge is 2.32. The van der Waals surface area contributed by atoms with Crippen molar-refractivity contribution in [3.63, 3.8) is 0 Å². The molecule has 1 saturated heterocycles. The lowest BCUT2D eigenvalue weighted by molar-refractivity contribution is -0.00256. The summed E-state index contributed by atoms with van der Waals surface area (Å²) in [6.07, 6.45) is -0.341. The van der Waals surface area contributed by atoms with Crippen molar-refractivity contribution in [1.82, 2.24) is 4.31 Å². The Labute approximate surface area is 147 Å². The number of morpholine rings is 1. The van der Waals surface area contributed by atoms with Gasteiger partial charge in [0.05, 0.1) is 24.7 Å². The molecule has 1 aliphatic rings. The van der Waals surface area contributed by atoms with Crippen LogP contribution in [-0.2, 0) is 14.8 Å². The van der Waals surface area contributed by atoms with Gasteiger partial charge in [-0.1, -0.05) is 29.8 Å². The maximum absolute atomic E-state index is 13.9. The molecule has 2 aromatic carbocycles. The quantitative estimate of drug-likeness (QED) is 0.836. The van der Waals surface area contributed by atoms with Crippen molar-refractivity contribution in [3.05, 3.63) is 59.4 Å². The van der Waals surface area contributed by atoms with Crippen LogP contribution in [-0.4, -0.2) is 39.5 Å². The van der Waals surface area contributed by atoms with Gasteiger partial charge in [0.2, 0.25) is 10.0 Å². The third-order valence-corrected chi connectivity index (χ3v) is 6.10. The largest absolute Gasteiger partial charge is 0.494 e. The molecule has 0 amide bonds. The van der Waals surface area contributed by atoms with Crippen LogP contribution in [0.25, 0.3) is 0 Å². The molecule has 3 rings (SSSR count). The van der Waals surface area contributed by atoms with Crippen LogP contribution in [0.2, 0.25) is 0 Å². The molecule has 0 aliphatic carbocycles. The van der Waals surface area contributed by atoms with Gasteiger partial charge in [-0.25, -0.2) is 12.8 Å². The van der Waals surface area contributed by atoms with Gasteiger partial charge in [-0.15, -0.1) is 0 Å². The van der Waals surface area contributed by atoms with E-state index in [4.69, 9.17) is 9.47 Å². The first-order valence-electron chi connectivity index (χ1n) is 7.93. The van der Waals surface area contributed by atoms with Crippen LogP contribution < -0.4 is 4.74 Å². The van der Waals surface area contributed by atoms with Gasteiger partial charge in [-0.3, -0.25) is 0 Å². The average Bonchev–Trinajstić information content (AvgIpc) is 2.62. The van der Waals surface area contributed by atoms with Crippen LogP contribution in [0.15, 0.2) is 47.4 Å². The number of hydrogen-bond donors (Lipinski definition) is 0. The summed E-state index contributed by atoms with van der Waals surface area (Å²) in [6, 6.07) is 11.5. The summed E-state index contributed by atoms with van der Waals surface area (Å²) in [5.74, 6) is -0.689. The highest BCUT2D eigenvalue weighted by atomic mass is 32.2. The molecule has 1 aliphatic heterocycles. The fourth-order valence-corrected chi connectivity index (χ4v) is 4.22. The fraction of sp³-hybridized carbons (Fsp3) is 0.333. The lowest BCUT2D eigenvalue weighted by Gasteiger charge is -2.32. The van der Waals surface area contributed by atoms with Crippen molar-refractivity contribution < 1.29 is 22.3 Å². The Morgan fingerprint density at radius 3 is 2.56 bits per heavy atom. The van der Waals surface area contributed by atoms with Crippen molar-refractivity contribution in [1.29, 1.82) is 0 Å². The summed E-state index contributed by atoms with van der Waals surface area (Å²) in [7, 11) is -2.47. The Bertz CT molecular complexity index is 852. The Kier molecular flexibility index (Phi) is 5.08. The second kappa shape index (κ2) is 7.11. The van der Waals surface area contributed by atoms with Gasteiger partial charge in [0.25, 0.3) is 0 Å². The predicted octanol–water partition coefficient (Wildman–Crippen LogP) is 2.90. The molecule has 1 fully saturated rings. The zero-order valence-electron chi connectivity index (χ0n) is 14.1. The van der Waals surface area contributed by atoms with E-state index in [1.165, 1.54) is 23.5 Å². The lowest BCUT2D eigenvalue weighted by atomic mass is 10.1. The Morgan fingerprint density at radius 1 is 1.20 bits per heavy atom. The summed E-state index contributed by atoms with van der Waals surface area (Å²) in [5, 5.41) is 0. The number of ether oxygens (including phenoxy) is 2. The number of sulfonamides is 1. The second-order valence-electron chi connectivity index (χ2n) is 5.93. The van der Waals surface area contributed by atoms with Crippen molar-refractivity contribution in [3.8, 4) is 5.75 Å². The summed E-state index contributed by atoms with van der Waals surface area (Å²) in [5.41, 5.74) is 2.05. The second-order valence-corrected chi connectivity index (χ2v) is 7.87. The molecule has 0 N–H and O–H groups in total. The van der Waals surface area contributed by atoms with E-state index >= 15 is 0 Å². The molecule has 1 heterocycles. The molecule has 0 spiro atoms. The van der Waals surface area contributed by atoms with E-state index in [2.05, 4.69) is 0 Å². The molecule has 0 saturated carbocycles. The van der Waals surface area contributed by atoms with Crippen molar-refractivity contribution in [2.24, 2.45) is 0 Å². The fourth-order valence-electron chi connectivity index (χ4n) is 2.78. The topological polar surface area (TPSA) is 55.8 Å². The van der Waals surface area contributed by atoms with Crippen molar-refractivity contribution in [2.45, 2.75) is 17.9 Å². The predicted molar refractivity (Wildman–Crippen MR) is 91.6 cm³/mol. The maximum atomic E-state index is 13.9. The number of methoxy groups -OCH3 is 1. The maximum Gasteiger partial charge on any atom is 0.243 e. The van der Waals surface area contributed by atoms with E-state index in [1.54, 1.807) is 0 Å². The number of hydrogen-bond acceptors (Lipinski definition) is 4. The SMILES string of the molecule is COc1ccc(S(=O)(=O)N2CCOC(c3ccc(C)cc3)C2)cc1F. The Morgan fingerprint density at radius 2 is 1.92 bits per heavy atom. The molecule has 0 radical (unpaired) electrons. The smallest absolute Gasteiger partial charge is 0.243 e. The summed E-state index contributed by atoms with van der Waals surface area (Å²) < 4.78 is 51.5. The molecule has 25 heavy (non-hydrogen) atoms. The van der Waals surface area contributed by atoms with Crippen LogP contribution in [0.4, 0.5) is 4.39 Å². The zero-order valence-corrected chi connectivity index (χ0v) is 14.9. The molecular formula is C18H20FNO4S. The number of nitrogens with zero attached hydrogens (tertiary/aromatic N) is 1. The van der Waals surface area contributed by atoms with Gasteiger partial charge in [-0.05, 0) is 30.7 Å². The monoisotopic (exact) mass is 365 g/mol. The first kappa shape index (κ1) is 17.8. The molecule has 1 atom stereocenters. The third kappa shape index (κ3) is 3.68. The number of halogens is 1. The van der Waals surface area contributed by atoms with Crippen LogP contribution in [0.3, 0.4) is 0 Å². The van der Waals surface area contributed by atoms with Gasteiger partial charge in [-0.2, -0.15) is 4.31 Å². The van der Waals surface area contributed by atoms with E-state index in [1.807, 2.05) is 31.2 Å². The van der Waals surface area contributed by atoms with Gasteiger partial charge < -0.3 is 9.47 Å². The molecule has 7 heteroatoms. The molecule has 1 unspecified atom stereocenters. The van der Waals surface area contributed by atoms with Gasteiger partial charge in [0.1, 0.15) is 0 Å². The standard InChI is InChI=1S/C18H20FNO4S/c1-13-3-5-14(6-4-13)18-12-20(9-10-24-18)25(21,22)15-7-8-17(23-2)16(19)11-15/h3-8,11,18H,9-10,12H2,1-2H3. The normalized spacial score (nSPS) is 18.9.